The molecule has 0 aliphatic carbocycles. The second-order valence-corrected chi connectivity index (χ2v) is 3.33. The van der Waals surface area contributed by atoms with E-state index in [-0.39, 0.29) is 5.97 Å². The molecule has 14 heavy (non-hydrogen) atoms. The smallest absolute Gasteiger partial charge is 0.338 e. The van der Waals surface area contributed by atoms with Crippen molar-refractivity contribution >= 4 is 23.2 Å². The fraction of sp³-hybridized carbons (Fsp3) is 0.200. The number of benzene rings is 1. The summed E-state index contributed by atoms with van der Waals surface area (Å²) in [6.07, 6.45) is 0. The second-order valence-electron chi connectivity index (χ2n) is 2.89. The molecule has 0 aliphatic heterocycles. The van der Waals surface area contributed by atoms with Crippen LogP contribution in [0.1, 0.15) is 21.5 Å². The summed E-state index contributed by atoms with van der Waals surface area (Å²) >= 11 is 4.82. The van der Waals surface area contributed by atoms with E-state index in [2.05, 4.69) is 4.74 Å². The summed E-state index contributed by atoms with van der Waals surface area (Å²) in [4.78, 5) is 11.6. The summed E-state index contributed by atoms with van der Waals surface area (Å²) in [6, 6.07) is 5.14. The minimum Gasteiger partial charge on any atom is -0.465 e. The molecule has 1 aromatic rings. The number of hydrogen-bond acceptors (Lipinski definition) is 3. The number of methoxy groups -OCH3 is 1. The third-order valence-electron chi connectivity index (χ3n) is 1.92. The zero-order valence-electron chi connectivity index (χ0n) is 8.03. The largest absolute Gasteiger partial charge is 0.465 e. The van der Waals surface area contributed by atoms with Crippen LogP contribution in [0.25, 0.3) is 0 Å². The first-order chi connectivity index (χ1) is 6.56. The highest BCUT2D eigenvalue weighted by atomic mass is 32.1. The Morgan fingerprint density at radius 3 is 2.57 bits per heavy atom. The predicted molar refractivity (Wildman–Crippen MR) is 58.4 cm³/mol. The van der Waals surface area contributed by atoms with E-state index in [9.17, 15) is 4.79 Å². The van der Waals surface area contributed by atoms with Gasteiger partial charge in [0, 0.05) is 5.56 Å². The molecule has 0 bridgehead atoms. The number of aryl methyl sites for hydroxylation is 1. The van der Waals surface area contributed by atoms with Crippen LogP contribution in [0.2, 0.25) is 0 Å². The predicted octanol–water partition coefficient (Wildman–Crippen LogP) is 1.42. The van der Waals surface area contributed by atoms with Crippen molar-refractivity contribution in [3.8, 4) is 0 Å². The van der Waals surface area contributed by atoms with Gasteiger partial charge >= 0.3 is 5.97 Å². The van der Waals surface area contributed by atoms with E-state index in [0.717, 1.165) is 11.1 Å². The SMILES string of the molecule is COC(=O)c1ccc(C(N)=S)cc1C. The van der Waals surface area contributed by atoms with Gasteiger partial charge in [-0.15, -0.1) is 0 Å². The molecule has 0 aromatic heterocycles. The van der Waals surface area contributed by atoms with Gasteiger partial charge < -0.3 is 10.5 Å². The average Bonchev–Trinajstić information content (AvgIpc) is 2.16. The van der Waals surface area contributed by atoms with Gasteiger partial charge in [0.2, 0.25) is 0 Å². The van der Waals surface area contributed by atoms with E-state index in [0.29, 0.717) is 10.6 Å². The van der Waals surface area contributed by atoms with Gasteiger partial charge in [-0.3, -0.25) is 0 Å². The first kappa shape index (κ1) is 10.7. The zero-order chi connectivity index (χ0) is 10.7. The molecule has 74 valence electrons. The normalized spacial score (nSPS) is 9.57. The Morgan fingerprint density at radius 2 is 2.14 bits per heavy atom. The maximum Gasteiger partial charge on any atom is 0.338 e. The van der Waals surface area contributed by atoms with Gasteiger partial charge in [0.15, 0.2) is 0 Å². The summed E-state index contributed by atoms with van der Waals surface area (Å²) in [5, 5.41) is 0. The standard InChI is InChI=1S/C10H11NO2S/c1-6-5-7(9(11)14)3-4-8(6)10(12)13-2/h3-5H,1-2H3,(H2,11,14). The van der Waals surface area contributed by atoms with E-state index in [4.69, 9.17) is 18.0 Å². The molecule has 0 unspecified atom stereocenters. The molecule has 0 saturated heterocycles. The average molecular weight is 209 g/mol. The summed E-state index contributed by atoms with van der Waals surface area (Å²) in [5.74, 6) is -0.350. The lowest BCUT2D eigenvalue weighted by Crippen LogP contribution is -2.11. The van der Waals surface area contributed by atoms with Crippen LogP contribution >= 0.6 is 12.2 Å². The summed E-state index contributed by atoms with van der Waals surface area (Å²) in [6.45, 7) is 1.81. The fourth-order valence-corrected chi connectivity index (χ4v) is 1.28. The Bertz CT molecular complexity index is 388. The van der Waals surface area contributed by atoms with Crippen molar-refractivity contribution < 1.29 is 9.53 Å². The third-order valence-corrected chi connectivity index (χ3v) is 2.15. The molecule has 0 aliphatic rings. The number of thiocarbonyl (C=S) groups is 1. The van der Waals surface area contributed by atoms with E-state index in [1.807, 2.05) is 6.92 Å². The number of carbonyl (C=O) groups is 1. The molecule has 3 nitrogen and oxygen atoms in total. The van der Waals surface area contributed by atoms with Crippen LogP contribution in [0.4, 0.5) is 0 Å². The second kappa shape index (κ2) is 4.19. The molecule has 0 atom stereocenters. The summed E-state index contributed by atoms with van der Waals surface area (Å²) < 4.78 is 4.61. The highest BCUT2D eigenvalue weighted by Gasteiger charge is 2.09. The monoisotopic (exact) mass is 209 g/mol. The van der Waals surface area contributed by atoms with E-state index in [1.54, 1.807) is 18.2 Å². The molecular weight excluding hydrogens is 198 g/mol. The quantitative estimate of drug-likeness (QED) is 0.591. The van der Waals surface area contributed by atoms with Crippen molar-refractivity contribution in [1.82, 2.24) is 0 Å². The van der Waals surface area contributed by atoms with Crippen molar-refractivity contribution in [2.45, 2.75) is 6.92 Å². The van der Waals surface area contributed by atoms with Gasteiger partial charge in [-0.1, -0.05) is 18.3 Å². The minimum absolute atomic E-state index is 0.324. The number of ether oxygens (including phenoxy) is 1. The van der Waals surface area contributed by atoms with Crippen LogP contribution in [0, 0.1) is 6.92 Å². The first-order valence-electron chi connectivity index (χ1n) is 4.05. The molecule has 0 heterocycles. The lowest BCUT2D eigenvalue weighted by molar-refractivity contribution is 0.0600. The molecule has 1 rings (SSSR count). The van der Waals surface area contributed by atoms with Crippen molar-refractivity contribution in [2.24, 2.45) is 5.73 Å². The number of rotatable bonds is 2. The van der Waals surface area contributed by atoms with Crippen LogP contribution in [0.3, 0.4) is 0 Å². The Kier molecular flexibility index (Phi) is 3.19. The Labute approximate surface area is 87.9 Å². The number of hydrogen-bond donors (Lipinski definition) is 1. The van der Waals surface area contributed by atoms with Gasteiger partial charge in [-0.25, -0.2) is 4.79 Å². The maximum absolute atomic E-state index is 11.2. The molecule has 0 radical (unpaired) electrons. The molecule has 2 N–H and O–H groups in total. The van der Waals surface area contributed by atoms with Gasteiger partial charge in [0.25, 0.3) is 0 Å². The van der Waals surface area contributed by atoms with E-state index < -0.39 is 0 Å². The van der Waals surface area contributed by atoms with Crippen LogP contribution in [0.15, 0.2) is 18.2 Å². The van der Waals surface area contributed by atoms with Crippen molar-refractivity contribution in [2.75, 3.05) is 7.11 Å². The third kappa shape index (κ3) is 2.09. The lowest BCUT2D eigenvalue weighted by atomic mass is 10.1. The molecule has 1 aromatic carbocycles. The zero-order valence-corrected chi connectivity index (χ0v) is 8.85. The summed E-state index contributed by atoms with van der Waals surface area (Å²) in [5.41, 5.74) is 7.55. The van der Waals surface area contributed by atoms with E-state index in [1.165, 1.54) is 7.11 Å². The minimum atomic E-state index is -0.350. The van der Waals surface area contributed by atoms with E-state index >= 15 is 0 Å². The van der Waals surface area contributed by atoms with Crippen LogP contribution in [-0.2, 0) is 4.74 Å². The molecule has 0 saturated carbocycles. The van der Waals surface area contributed by atoms with Crippen LogP contribution in [0.5, 0.6) is 0 Å². The van der Waals surface area contributed by atoms with Gasteiger partial charge in [0.1, 0.15) is 4.99 Å². The Hall–Kier alpha value is -1.42. The topological polar surface area (TPSA) is 52.3 Å². The maximum atomic E-state index is 11.2. The number of nitrogens with two attached hydrogens (primary N) is 1. The van der Waals surface area contributed by atoms with Crippen molar-refractivity contribution in [3.05, 3.63) is 34.9 Å². The lowest BCUT2D eigenvalue weighted by Gasteiger charge is -2.05. The summed E-state index contributed by atoms with van der Waals surface area (Å²) in [7, 11) is 1.35. The van der Waals surface area contributed by atoms with Crippen LogP contribution < -0.4 is 5.73 Å². The molecule has 0 spiro atoms. The Morgan fingerprint density at radius 1 is 1.50 bits per heavy atom. The highest BCUT2D eigenvalue weighted by molar-refractivity contribution is 7.80. The van der Waals surface area contributed by atoms with Crippen molar-refractivity contribution in [1.29, 1.82) is 0 Å². The number of esters is 1. The molecule has 0 amide bonds. The highest BCUT2D eigenvalue weighted by Crippen LogP contribution is 2.12. The van der Waals surface area contributed by atoms with Gasteiger partial charge in [0.05, 0.1) is 12.7 Å². The van der Waals surface area contributed by atoms with Gasteiger partial charge in [-0.2, -0.15) is 0 Å². The molecule has 0 fully saturated rings. The Balaban J connectivity index is 3.14. The van der Waals surface area contributed by atoms with Gasteiger partial charge in [-0.05, 0) is 24.6 Å². The van der Waals surface area contributed by atoms with Crippen LogP contribution in [-0.4, -0.2) is 18.1 Å². The van der Waals surface area contributed by atoms with Crippen molar-refractivity contribution in [3.63, 3.8) is 0 Å². The molecule has 4 heteroatoms. The first-order valence-corrected chi connectivity index (χ1v) is 4.46. The molecular formula is C10H11NO2S. The fourth-order valence-electron chi connectivity index (χ4n) is 1.16. The number of carbonyl (C=O) groups excluding carboxylic acids is 1.